The molecule has 0 saturated heterocycles. The lowest BCUT2D eigenvalue weighted by atomic mass is 9.98. The molecule has 0 saturated carbocycles. The Morgan fingerprint density at radius 2 is 1.82 bits per heavy atom. The Morgan fingerprint density at radius 3 is 2.41 bits per heavy atom. The highest BCUT2D eigenvalue weighted by Gasteiger charge is 2.05. The summed E-state index contributed by atoms with van der Waals surface area (Å²) >= 11 is 6.18. The minimum absolute atomic E-state index is 0.478. The van der Waals surface area contributed by atoms with E-state index >= 15 is 0 Å². The second-order valence-corrected chi connectivity index (χ2v) is 4.74. The standard InChI is InChI=1S/C15H16ClN/c1-10-3-6-14(11(2)7-10)12-4-5-13(9-17)15(16)8-12/h3-8H,9,17H2,1-2H3. The van der Waals surface area contributed by atoms with E-state index in [1.165, 1.54) is 16.7 Å². The van der Waals surface area contributed by atoms with Gasteiger partial charge < -0.3 is 5.73 Å². The fourth-order valence-electron chi connectivity index (χ4n) is 2.02. The first kappa shape index (κ1) is 12.2. The molecule has 17 heavy (non-hydrogen) atoms. The highest BCUT2D eigenvalue weighted by atomic mass is 35.5. The second-order valence-electron chi connectivity index (χ2n) is 4.33. The van der Waals surface area contributed by atoms with Crippen molar-refractivity contribution >= 4 is 11.6 Å². The van der Waals surface area contributed by atoms with Crippen molar-refractivity contribution in [2.24, 2.45) is 5.73 Å². The molecule has 2 rings (SSSR count). The van der Waals surface area contributed by atoms with Gasteiger partial charge in [-0.1, -0.05) is 47.5 Å². The van der Waals surface area contributed by atoms with Crippen molar-refractivity contribution < 1.29 is 0 Å². The van der Waals surface area contributed by atoms with Crippen molar-refractivity contribution in [2.75, 3.05) is 0 Å². The predicted molar refractivity (Wildman–Crippen MR) is 74.3 cm³/mol. The first-order chi connectivity index (χ1) is 8.11. The zero-order valence-corrected chi connectivity index (χ0v) is 10.9. The van der Waals surface area contributed by atoms with Crippen LogP contribution in [0.25, 0.3) is 11.1 Å². The molecule has 2 aromatic rings. The van der Waals surface area contributed by atoms with E-state index in [9.17, 15) is 0 Å². The number of aryl methyl sites for hydroxylation is 2. The Balaban J connectivity index is 2.50. The smallest absolute Gasteiger partial charge is 0.0457 e. The fraction of sp³-hybridized carbons (Fsp3) is 0.200. The van der Waals surface area contributed by atoms with Crippen LogP contribution in [-0.2, 0) is 6.54 Å². The molecule has 1 nitrogen and oxygen atoms in total. The molecule has 0 radical (unpaired) electrons. The van der Waals surface area contributed by atoms with E-state index in [2.05, 4.69) is 38.1 Å². The predicted octanol–water partition coefficient (Wildman–Crippen LogP) is 4.08. The number of benzene rings is 2. The van der Waals surface area contributed by atoms with Crippen LogP contribution in [0.1, 0.15) is 16.7 Å². The summed E-state index contributed by atoms with van der Waals surface area (Å²) in [4.78, 5) is 0. The second kappa shape index (κ2) is 4.91. The quantitative estimate of drug-likeness (QED) is 0.848. The van der Waals surface area contributed by atoms with E-state index in [0.717, 1.165) is 16.1 Å². The number of halogens is 1. The molecule has 0 fully saturated rings. The van der Waals surface area contributed by atoms with Crippen LogP contribution in [0.15, 0.2) is 36.4 Å². The summed E-state index contributed by atoms with van der Waals surface area (Å²) in [5.41, 5.74) is 11.5. The minimum atomic E-state index is 0.478. The van der Waals surface area contributed by atoms with Gasteiger partial charge in [0.05, 0.1) is 0 Å². The van der Waals surface area contributed by atoms with Gasteiger partial charge in [0.25, 0.3) is 0 Å². The van der Waals surface area contributed by atoms with Crippen LogP contribution in [0.4, 0.5) is 0 Å². The molecule has 0 amide bonds. The maximum absolute atomic E-state index is 6.18. The van der Waals surface area contributed by atoms with E-state index in [-0.39, 0.29) is 0 Å². The lowest BCUT2D eigenvalue weighted by Crippen LogP contribution is -1.97. The van der Waals surface area contributed by atoms with Crippen LogP contribution in [-0.4, -0.2) is 0 Å². The molecule has 0 spiro atoms. The maximum Gasteiger partial charge on any atom is 0.0457 e. The number of hydrogen-bond acceptors (Lipinski definition) is 1. The third kappa shape index (κ3) is 2.51. The molecule has 2 aromatic carbocycles. The van der Waals surface area contributed by atoms with E-state index in [1.807, 2.05) is 12.1 Å². The summed E-state index contributed by atoms with van der Waals surface area (Å²) in [6, 6.07) is 12.5. The van der Waals surface area contributed by atoms with Gasteiger partial charge in [-0.05, 0) is 42.2 Å². The maximum atomic E-state index is 6.18. The minimum Gasteiger partial charge on any atom is -0.326 e. The van der Waals surface area contributed by atoms with Gasteiger partial charge >= 0.3 is 0 Å². The molecular formula is C15H16ClN. The topological polar surface area (TPSA) is 26.0 Å². The fourth-order valence-corrected chi connectivity index (χ4v) is 2.28. The molecule has 88 valence electrons. The van der Waals surface area contributed by atoms with E-state index in [1.54, 1.807) is 0 Å². The van der Waals surface area contributed by atoms with Crippen molar-refractivity contribution in [1.82, 2.24) is 0 Å². The Kier molecular flexibility index (Phi) is 3.51. The summed E-state index contributed by atoms with van der Waals surface area (Å²) in [5.74, 6) is 0. The van der Waals surface area contributed by atoms with Crippen molar-refractivity contribution in [3.05, 3.63) is 58.1 Å². The summed E-state index contributed by atoms with van der Waals surface area (Å²) in [6.07, 6.45) is 0. The van der Waals surface area contributed by atoms with Crippen molar-refractivity contribution in [3.63, 3.8) is 0 Å². The highest BCUT2D eigenvalue weighted by molar-refractivity contribution is 6.31. The molecule has 0 aromatic heterocycles. The van der Waals surface area contributed by atoms with E-state index in [0.29, 0.717) is 6.54 Å². The molecule has 0 unspecified atom stereocenters. The first-order valence-electron chi connectivity index (χ1n) is 5.68. The first-order valence-corrected chi connectivity index (χ1v) is 6.05. The Bertz CT molecular complexity index is 547. The number of rotatable bonds is 2. The van der Waals surface area contributed by atoms with Crippen molar-refractivity contribution in [1.29, 1.82) is 0 Å². The average Bonchev–Trinajstić information content (AvgIpc) is 2.29. The van der Waals surface area contributed by atoms with Gasteiger partial charge in [0.15, 0.2) is 0 Å². The third-order valence-corrected chi connectivity index (χ3v) is 3.32. The Morgan fingerprint density at radius 1 is 1.06 bits per heavy atom. The monoisotopic (exact) mass is 245 g/mol. The SMILES string of the molecule is Cc1ccc(-c2ccc(CN)c(Cl)c2)c(C)c1. The van der Waals surface area contributed by atoms with Crippen molar-refractivity contribution in [3.8, 4) is 11.1 Å². The number of hydrogen-bond donors (Lipinski definition) is 1. The van der Waals surface area contributed by atoms with Crippen LogP contribution in [0, 0.1) is 13.8 Å². The zero-order chi connectivity index (χ0) is 12.4. The molecular weight excluding hydrogens is 230 g/mol. The zero-order valence-electron chi connectivity index (χ0n) is 10.1. The van der Waals surface area contributed by atoms with Crippen molar-refractivity contribution in [2.45, 2.75) is 20.4 Å². The van der Waals surface area contributed by atoms with Crippen LogP contribution < -0.4 is 5.73 Å². The van der Waals surface area contributed by atoms with Gasteiger partial charge in [0, 0.05) is 11.6 Å². The molecule has 0 atom stereocenters. The van der Waals surface area contributed by atoms with Gasteiger partial charge in [-0.25, -0.2) is 0 Å². The molecule has 0 aliphatic rings. The summed E-state index contributed by atoms with van der Waals surface area (Å²) < 4.78 is 0. The van der Waals surface area contributed by atoms with E-state index < -0.39 is 0 Å². The van der Waals surface area contributed by atoms with Gasteiger partial charge in [0.2, 0.25) is 0 Å². The average molecular weight is 246 g/mol. The molecule has 2 heteroatoms. The summed E-state index contributed by atoms with van der Waals surface area (Å²) in [6.45, 7) is 4.69. The van der Waals surface area contributed by atoms with E-state index in [4.69, 9.17) is 17.3 Å². The van der Waals surface area contributed by atoms with Gasteiger partial charge in [0.1, 0.15) is 0 Å². The van der Waals surface area contributed by atoms with Crippen LogP contribution in [0.5, 0.6) is 0 Å². The Labute approximate surface area is 107 Å². The highest BCUT2D eigenvalue weighted by Crippen LogP contribution is 2.28. The van der Waals surface area contributed by atoms with Crippen LogP contribution in [0.2, 0.25) is 5.02 Å². The summed E-state index contributed by atoms with van der Waals surface area (Å²) in [5, 5.41) is 0.741. The summed E-state index contributed by atoms with van der Waals surface area (Å²) in [7, 11) is 0. The molecule has 0 heterocycles. The molecule has 0 bridgehead atoms. The Hall–Kier alpha value is -1.31. The largest absolute Gasteiger partial charge is 0.326 e. The number of nitrogens with two attached hydrogens (primary N) is 1. The van der Waals surface area contributed by atoms with Gasteiger partial charge in [-0.2, -0.15) is 0 Å². The molecule has 0 aliphatic carbocycles. The lowest BCUT2D eigenvalue weighted by molar-refractivity contribution is 1.07. The lowest BCUT2D eigenvalue weighted by Gasteiger charge is -2.09. The molecule has 0 aliphatic heterocycles. The van der Waals surface area contributed by atoms with Gasteiger partial charge in [-0.3, -0.25) is 0 Å². The molecule has 2 N–H and O–H groups in total. The van der Waals surface area contributed by atoms with Crippen LogP contribution >= 0.6 is 11.6 Å². The van der Waals surface area contributed by atoms with Crippen LogP contribution in [0.3, 0.4) is 0 Å². The normalized spacial score (nSPS) is 10.6. The van der Waals surface area contributed by atoms with Gasteiger partial charge in [-0.15, -0.1) is 0 Å². The third-order valence-electron chi connectivity index (χ3n) is 2.97.